The van der Waals surface area contributed by atoms with Crippen LogP contribution in [0.2, 0.25) is 0 Å². The third-order valence-electron chi connectivity index (χ3n) is 2.97. The number of Topliss-reactive ketones (excluding diaryl/α,β-unsaturated/α-hetero) is 1. The topological polar surface area (TPSA) is 46.4 Å². The smallest absolute Gasteiger partial charge is 0.193 e. The van der Waals surface area contributed by atoms with E-state index in [9.17, 15) is 4.79 Å². The molecule has 1 aliphatic carbocycles. The Balaban J connectivity index is 1.51. The zero-order chi connectivity index (χ0) is 11.7. The number of nitrogens with zero attached hydrogens (tertiary/aromatic N) is 2. The fourth-order valence-corrected chi connectivity index (χ4v) is 2.58. The lowest BCUT2D eigenvalue weighted by Gasteiger charge is -2.01. The first-order valence-electron chi connectivity index (χ1n) is 5.95. The molecule has 0 bridgehead atoms. The molecule has 5 heteroatoms. The summed E-state index contributed by atoms with van der Waals surface area (Å²) in [4.78, 5) is 17.1. The largest absolute Gasteiger partial charge is 0.310 e. The summed E-state index contributed by atoms with van der Waals surface area (Å²) in [6.07, 6.45) is 6.97. The van der Waals surface area contributed by atoms with Crippen LogP contribution >= 0.6 is 11.3 Å². The second kappa shape index (κ2) is 4.58. The summed E-state index contributed by atoms with van der Waals surface area (Å²) in [6.45, 7) is 1.46. The molecule has 1 fully saturated rings. The van der Waals surface area contributed by atoms with E-state index in [-0.39, 0.29) is 5.78 Å². The molecule has 0 saturated heterocycles. The van der Waals surface area contributed by atoms with Crippen LogP contribution in [-0.2, 0) is 11.2 Å². The van der Waals surface area contributed by atoms with Crippen molar-refractivity contribution in [2.24, 2.45) is 5.92 Å². The minimum absolute atomic E-state index is 0.219. The first-order valence-corrected chi connectivity index (χ1v) is 6.83. The van der Waals surface area contributed by atoms with Crippen LogP contribution in [0.15, 0.2) is 17.8 Å². The van der Waals surface area contributed by atoms with Crippen LogP contribution in [0.5, 0.6) is 0 Å². The lowest BCUT2D eigenvalue weighted by molar-refractivity contribution is -0.117. The minimum Gasteiger partial charge on any atom is -0.310 e. The van der Waals surface area contributed by atoms with E-state index in [2.05, 4.69) is 10.3 Å². The highest BCUT2D eigenvalue weighted by Crippen LogP contribution is 2.27. The van der Waals surface area contributed by atoms with Gasteiger partial charge in [0, 0.05) is 17.8 Å². The molecular weight excluding hydrogens is 234 g/mol. The monoisotopic (exact) mass is 249 g/mol. The van der Waals surface area contributed by atoms with Crippen LogP contribution in [0, 0.1) is 5.92 Å². The molecule has 0 atom stereocenters. The average molecular weight is 249 g/mol. The van der Waals surface area contributed by atoms with Crippen molar-refractivity contribution < 1.29 is 4.79 Å². The van der Waals surface area contributed by atoms with Crippen molar-refractivity contribution in [2.75, 3.05) is 13.1 Å². The molecular formula is C12H15N3OS. The van der Waals surface area contributed by atoms with Crippen LogP contribution in [0.1, 0.15) is 18.5 Å². The van der Waals surface area contributed by atoms with Crippen LogP contribution in [0.4, 0.5) is 0 Å². The molecule has 1 aliphatic rings. The Kier molecular flexibility index (Phi) is 2.94. The number of nitrogens with one attached hydrogen (secondary N) is 1. The Morgan fingerprint density at radius 1 is 1.59 bits per heavy atom. The molecule has 17 heavy (non-hydrogen) atoms. The molecule has 0 spiro atoms. The van der Waals surface area contributed by atoms with Gasteiger partial charge in [-0.05, 0) is 25.3 Å². The predicted octanol–water partition coefficient (Wildman–Crippen LogP) is 1.51. The fourth-order valence-electron chi connectivity index (χ4n) is 1.86. The highest BCUT2D eigenvalue weighted by Gasteiger charge is 2.20. The zero-order valence-electron chi connectivity index (χ0n) is 9.56. The Labute approximate surface area is 104 Å². The van der Waals surface area contributed by atoms with Crippen LogP contribution < -0.4 is 5.32 Å². The number of imidazole rings is 1. The van der Waals surface area contributed by atoms with Crippen molar-refractivity contribution in [3.8, 4) is 0 Å². The minimum atomic E-state index is 0.219. The van der Waals surface area contributed by atoms with E-state index in [0.29, 0.717) is 13.0 Å². The Bertz CT molecular complexity index is 498. The molecule has 2 aromatic heterocycles. The molecule has 2 heterocycles. The second-order valence-corrected chi connectivity index (χ2v) is 5.49. The van der Waals surface area contributed by atoms with E-state index < -0.39 is 0 Å². The highest BCUT2D eigenvalue weighted by molar-refractivity contribution is 7.15. The molecule has 4 nitrogen and oxygen atoms in total. The molecule has 0 aromatic carbocycles. The van der Waals surface area contributed by atoms with Crippen molar-refractivity contribution >= 4 is 22.1 Å². The van der Waals surface area contributed by atoms with Crippen molar-refractivity contribution in [1.82, 2.24) is 14.7 Å². The van der Waals surface area contributed by atoms with Gasteiger partial charge in [-0.15, -0.1) is 11.3 Å². The van der Waals surface area contributed by atoms with Gasteiger partial charge in [0.25, 0.3) is 0 Å². The third kappa shape index (κ3) is 2.73. The molecule has 2 aromatic rings. The first-order chi connectivity index (χ1) is 8.31. The number of thiazole rings is 1. The van der Waals surface area contributed by atoms with Gasteiger partial charge >= 0.3 is 0 Å². The lowest BCUT2D eigenvalue weighted by atomic mass is 10.2. The first kappa shape index (κ1) is 10.9. The molecule has 1 saturated carbocycles. The van der Waals surface area contributed by atoms with Gasteiger partial charge in [-0.3, -0.25) is 9.20 Å². The van der Waals surface area contributed by atoms with E-state index in [0.717, 1.165) is 23.1 Å². The Morgan fingerprint density at radius 3 is 3.24 bits per heavy atom. The SMILES string of the molecule is O=C(CNCC1CC1)Cc1cn2ccsc2n1. The summed E-state index contributed by atoms with van der Waals surface area (Å²) in [5, 5.41) is 5.20. The van der Waals surface area contributed by atoms with Gasteiger partial charge in [0.15, 0.2) is 10.7 Å². The molecule has 0 unspecified atom stereocenters. The number of carbonyl (C=O) groups is 1. The van der Waals surface area contributed by atoms with Crippen molar-refractivity contribution in [2.45, 2.75) is 19.3 Å². The van der Waals surface area contributed by atoms with E-state index >= 15 is 0 Å². The molecule has 90 valence electrons. The van der Waals surface area contributed by atoms with Crippen LogP contribution in [0.3, 0.4) is 0 Å². The maximum Gasteiger partial charge on any atom is 0.193 e. The van der Waals surface area contributed by atoms with E-state index in [1.807, 2.05) is 22.2 Å². The molecule has 0 aliphatic heterocycles. The van der Waals surface area contributed by atoms with Gasteiger partial charge in [0.1, 0.15) is 0 Å². The molecule has 0 radical (unpaired) electrons. The van der Waals surface area contributed by atoms with Gasteiger partial charge in [-0.1, -0.05) is 0 Å². The van der Waals surface area contributed by atoms with Crippen molar-refractivity contribution in [1.29, 1.82) is 0 Å². The van der Waals surface area contributed by atoms with Gasteiger partial charge < -0.3 is 5.32 Å². The predicted molar refractivity (Wildman–Crippen MR) is 67.4 cm³/mol. The van der Waals surface area contributed by atoms with Crippen molar-refractivity contribution in [3.63, 3.8) is 0 Å². The summed E-state index contributed by atoms with van der Waals surface area (Å²) < 4.78 is 1.96. The van der Waals surface area contributed by atoms with Crippen LogP contribution in [-0.4, -0.2) is 28.3 Å². The second-order valence-electron chi connectivity index (χ2n) is 4.61. The third-order valence-corrected chi connectivity index (χ3v) is 3.74. The summed E-state index contributed by atoms with van der Waals surface area (Å²) in [5.41, 5.74) is 0.870. The number of carbonyl (C=O) groups excluding carboxylic acids is 1. The number of hydrogen-bond donors (Lipinski definition) is 1. The zero-order valence-corrected chi connectivity index (χ0v) is 10.4. The number of aromatic nitrogens is 2. The van der Waals surface area contributed by atoms with Crippen LogP contribution in [0.25, 0.3) is 4.96 Å². The summed E-state index contributed by atoms with van der Waals surface area (Å²) in [7, 11) is 0. The summed E-state index contributed by atoms with van der Waals surface area (Å²) in [6, 6.07) is 0. The van der Waals surface area contributed by atoms with E-state index in [1.165, 1.54) is 12.8 Å². The molecule has 0 amide bonds. The number of ketones is 1. The Morgan fingerprint density at radius 2 is 2.47 bits per heavy atom. The maximum absolute atomic E-state index is 11.7. The number of fused-ring (bicyclic) bond motifs is 1. The number of hydrogen-bond acceptors (Lipinski definition) is 4. The average Bonchev–Trinajstić information content (AvgIpc) is 2.87. The van der Waals surface area contributed by atoms with Gasteiger partial charge in [0.2, 0.25) is 0 Å². The van der Waals surface area contributed by atoms with Gasteiger partial charge in [-0.25, -0.2) is 4.98 Å². The standard InChI is InChI=1S/C12H15N3OS/c16-11(7-13-6-9-1-2-9)5-10-8-15-3-4-17-12(15)14-10/h3-4,8-9,13H,1-2,5-7H2. The lowest BCUT2D eigenvalue weighted by Crippen LogP contribution is -2.26. The molecule has 3 rings (SSSR count). The maximum atomic E-state index is 11.7. The number of rotatable bonds is 6. The van der Waals surface area contributed by atoms with Gasteiger partial charge in [-0.2, -0.15) is 0 Å². The summed E-state index contributed by atoms with van der Waals surface area (Å²) in [5.74, 6) is 1.04. The fraction of sp³-hybridized carbons (Fsp3) is 0.500. The van der Waals surface area contributed by atoms with Crippen molar-refractivity contribution in [3.05, 3.63) is 23.5 Å². The normalized spacial score (nSPS) is 15.5. The quantitative estimate of drug-likeness (QED) is 0.844. The van der Waals surface area contributed by atoms with E-state index in [1.54, 1.807) is 11.3 Å². The summed E-state index contributed by atoms with van der Waals surface area (Å²) >= 11 is 1.59. The highest BCUT2D eigenvalue weighted by atomic mass is 32.1. The van der Waals surface area contributed by atoms with Gasteiger partial charge in [0.05, 0.1) is 18.7 Å². The molecule has 1 N–H and O–H groups in total. The Hall–Kier alpha value is -1.20. The van der Waals surface area contributed by atoms with E-state index in [4.69, 9.17) is 0 Å².